The van der Waals surface area contributed by atoms with Crippen LogP contribution in [0.3, 0.4) is 0 Å². The Morgan fingerprint density at radius 1 is 1.35 bits per heavy atom. The molecule has 1 fully saturated rings. The highest BCUT2D eigenvalue weighted by molar-refractivity contribution is 5.94. The van der Waals surface area contributed by atoms with Crippen LogP contribution < -0.4 is 10.1 Å². The molecule has 124 valence electrons. The summed E-state index contributed by atoms with van der Waals surface area (Å²) in [4.78, 5) is 36.7. The van der Waals surface area contributed by atoms with Crippen molar-refractivity contribution in [2.75, 3.05) is 13.6 Å². The second-order valence-corrected chi connectivity index (χ2v) is 5.88. The molecule has 0 heterocycles. The Morgan fingerprint density at radius 2 is 2.04 bits per heavy atom. The van der Waals surface area contributed by atoms with Crippen LogP contribution in [0.5, 0.6) is 5.75 Å². The topological polar surface area (TPSA) is 75.7 Å². The first-order chi connectivity index (χ1) is 10.9. The van der Waals surface area contributed by atoms with E-state index in [2.05, 4.69) is 5.32 Å². The van der Waals surface area contributed by atoms with Crippen molar-refractivity contribution >= 4 is 17.6 Å². The molecule has 1 aliphatic carbocycles. The average Bonchev–Trinajstić information content (AvgIpc) is 3.30. The number of ether oxygens (including phenoxy) is 1. The van der Waals surface area contributed by atoms with Gasteiger partial charge in [-0.3, -0.25) is 14.4 Å². The first-order valence-electron chi connectivity index (χ1n) is 7.69. The summed E-state index contributed by atoms with van der Waals surface area (Å²) in [7, 11) is 1.57. The van der Waals surface area contributed by atoms with Gasteiger partial charge in [-0.15, -0.1) is 0 Å². The summed E-state index contributed by atoms with van der Waals surface area (Å²) in [5.74, 6) is -0.0593. The molecule has 6 heteroatoms. The molecule has 6 nitrogen and oxygen atoms in total. The molecule has 2 rings (SSSR count). The van der Waals surface area contributed by atoms with Crippen LogP contribution in [0.15, 0.2) is 24.3 Å². The van der Waals surface area contributed by atoms with Crippen LogP contribution in [0.4, 0.5) is 0 Å². The fraction of sp³-hybridized carbons (Fsp3) is 0.471. The molecule has 0 aromatic heterocycles. The van der Waals surface area contributed by atoms with E-state index in [4.69, 9.17) is 4.74 Å². The van der Waals surface area contributed by atoms with E-state index >= 15 is 0 Å². The van der Waals surface area contributed by atoms with Crippen molar-refractivity contribution in [2.24, 2.45) is 0 Å². The molecule has 0 aliphatic heterocycles. The van der Waals surface area contributed by atoms with Gasteiger partial charge in [-0.25, -0.2) is 0 Å². The number of amides is 2. The average molecular weight is 318 g/mol. The summed E-state index contributed by atoms with van der Waals surface area (Å²) < 4.78 is 5.59. The SMILES string of the molecule is CC(=O)c1cccc(OC(C)C(=O)N(C)CC(=O)NC2CC2)c1. The van der Waals surface area contributed by atoms with Crippen LogP contribution >= 0.6 is 0 Å². The fourth-order valence-electron chi connectivity index (χ4n) is 2.15. The van der Waals surface area contributed by atoms with E-state index in [9.17, 15) is 14.4 Å². The van der Waals surface area contributed by atoms with Crippen LogP contribution in [0.1, 0.15) is 37.0 Å². The molecule has 2 amide bonds. The van der Waals surface area contributed by atoms with Gasteiger partial charge in [0.25, 0.3) is 5.91 Å². The van der Waals surface area contributed by atoms with Gasteiger partial charge in [-0.1, -0.05) is 12.1 Å². The number of benzene rings is 1. The predicted molar refractivity (Wildman–Crippen MR) is 85.3 cm³/mol. The molecule has 1 aromatic rings. The summed E-state index contributed by atoms with van der Waals surface area (Å²) in [6.45, 7) is 3.11. The lowest BCUT2D eigenvalue weighted by Gasteiger charge is -2.22. The van der Waals surface area contributed by atoms with Crippen LogP contribution in [0, 0.1) is 0 Å². The van der Waals surface area contributed by atoms with Gasteiger partial charge < -0.3 is 15.0 Å². The van der Waals surface area contributed by atoms with Crippen molar-refractivity contribution in [3.05, 3.63) is 29.8 Å². The third-order valence-electron chi connectivity index (χ3n) is 3.60. The zero-order valence-corrected chi connectivity index (χ0v) is 13.7. The normalized spacial score (nSPS) is 14.7. The molecule has 0 bridgehead atoms. The Kier molecular flexibility index (Phi) is 5.36. The first kappa shape index (κ1) is 17.0. The minimum Gasteiger partial charge on any atom is -0.481 e. The van der Waals surface area contributed by atoms with Gasteiger partial charge in [0.05, 0.1) is 6.54 Å². The molecule has 1 aliphatic rings. The largest absolute Gasteiger partial charge is 0.481 e. The molecule has 1 atom stereocenters. The Bertz CT molecular complexity index is 610. The molecule has 1 aromatic carbocycles. The number of rotatable bonds is 7. The number of likely N-dealkylation sites (N-methyl/N-ethyl adjacent to an activating group) is 1. The summed E-state index contributed by atoms with van der Waals surface area (Å²) in [5, 5.41) is 2.84. The summed E-state index contributed by atoms with van der Waals surface area (Å²) in [5.41, 5.74) is 0.527. The minimum absolute atomic E-state index is 0.0104. The summed E-state index contributed by atoms with van der Waals surface area (Å²) >= 11 is 0. The molecule has 0 radical (unpaired) electrons. The van der Waals surface area contributed by atoms with E-state index in [1.165, 1.54) is 11.8 Å². The number of nitrogens with zero attached hydrogens (tertiary/aromatic N) is 1. The van der Waals surface area contributed by atoms with Gasteiger partial charge in [0.2, 0.25) is 5.91 Å². The first-order valence-corrected chi connectivity index (χ1v) is 7.69. The monoisotopic (exact) mass is 318 g/mol. The number of hydrogen-bond acceptors (Lipinski definition) is 4. The highest BCUT2D eigenvalue weighted by Gasteiger charge is 2.26. The molecular formula is C17H22N2O4. The van der Waals surface area contributed by atoms with Crippen molar-refractivity contribution in [3.63, 3.8) is 0 Å². The summed E-state index contributed by atoms with van der Waals surface area (Å²) in [6, 6.07) is 6.96. The van der Waals surface area contributed by atoms with Gasteiger partial charge in [0, 0.05) is 18.7 Å². The van der Waals surface area contributed by atoms with E-state index in [1.807, 2.05) is 0 Å². The van der Waals surface area contributed by atoms with Crippen LogP contribution in [0.2, 0.25) is 0 Å². The Balaban J connectivity index is 1.89. The lowest BCUT2D eigenvalue weighted by Crippen LogP contribution is -2.44. The van der Waals surface area contributed by atoms with E-state index < -0.39 is 6.10 Å². The third-order valence-corrected chi connectivity index (χ3v) is 3.60. The zero-order chi connectivity index (χ0) is 17.0. The van der Waals surface area contributed by atoms with E-state index in [-0.39, 0.29) is 30.2 Å². The van der Waals surface area contributed by atoms with Crippen LogP contribution in [-0.2, 0) is 9.59 Å². The summed E-state index contributed by atoms with van der Waals surface area (Å²) in [6.07, 6.45) is 1.28. The molecule has 0 saturated heterocycles. The van der Waals surface area contributed by atoms with Crippen molar-refractivity contribution < 1.29 is 19.1 Å². The van der Waals surface area contributed by atoms with Gasteiger partial charge in [-0.2, -0.15) is 0 Å². The molecule has 0 spiro atoms. The fourth-order valence-corrected chi connectivity index (χ4v) is 2.15. The zero-order valence-electron chi connectivity index (χ0n) is 13.7. The highest BCUT2D eigenvalue weighted by Crippen LogP contribution is 2.18. The number of Topliss-reactive ketones (excluding diaryl/α,β-unsaturated/α-hetero) is 1. The predicted octanol–water partition coefficient (Wildman–Crippen LogP) is 1.39. The van der Waals surface area contributed by atoms with Gasteiger partial charge >= 0.3 is 0 Å². The second kappa shape index (κ2) is 7.26. The van der Waals surface area contributed by atoms with Crippen molar-refractivity contribution in [1.82, 2.24) is 10.2 Å². The quantitative estimate of drug-likeness (QED) is 0.771. The van der Waals surface area contributed by atoms with Gasteiger partial charge in [0.15, 0.2) is 11.9 Å². The van der Waals surface area contributed by atoms with Crippen LogP contribution in [-0.4, -0.2) is 48.2 Å². The third kappa shape index (κ3) is 5.09. The van der Waals surface area contributed by atoms with Crippen molar-refractivity contribution in [1.29, 1.82) is 0 Å². The lowest BCUT2D eigenvalue weighted by atomic mass is 10.1. The molecule has 1 saturated carbocycles. The van der Waals surface area contributed by atoms with Gasteiger partial charge in [0.1, 0.15) is 5.75 Å². The Labute approximate surface area is 135 Å². The second-order valence-electron chi connectivity index (χ2n) is 5.88. The van der Waals surface area contributed by atoms with Gasteiger partial charge in [-0.05, 0) is 38.8 Å². The smallest absolute Gasteiger partial charge is 0.263 e. The maximum atomic E-state index is 12.3. The Morgan fingerprint density at radius 3 is 2.65 bits per heavy atom. The maximum Gasteiger partial charge on any atom is 0.263 e. The van der Waals surface area contributed by atoms with Crippen molar-refractivity contribution in [3.8, 4) is 5.75 Å². The number of ketones is 1. The lowest BCUT2D eigenvalue weighted by molar-refractivity contribution is -0.140. The van der Waals surface area contributed by atoms with E-state index in [0.717, 1.165) is 12.8 Å². The molecule has 23 heavy (non-hydrogen) atoms. The minimum atomic E-state index is -0.740. The number of nitrogens with one attached hydrogen (secondary N) is 1. The number of carbonyl (C=O) groups is 3. The van der Waals surface area contributed by atoms with E-state index in [0.29, 0.717) is 11.3 Å². The van der Waals surface area contributed by atoms with Crippen LogP contribution in [0.25, 0.3) is 0 Å². The maximum absolute atomic E-state index is 12.3. The standard InChI is InChI=1S/C17H22N2O4/c1-11(20)13-5-4-6-15(9-13)23-12(2)17(22)19(3)10-16(21)18-14-7-8-14/h4-6,9,12,14H,7-8,10H2,1-3H3,(H,18,21). The van der Waals surface area contributed by atoms with E-state index in [1.54, 1.807) is 38.2 Å². The number of hydrogen-bond donors (Lipinski definition) is 1. The van der Waals surface area contributed by atoms with Crippen molar-refractivity contribution in [2.45, 2.75) is 38.8 Å². The molecular weight excluding hydrogens is 296 g/mol. The number of carbonyl (C=O) groups excluding carboxylic acids is 3. The Hall–Kier alpha value is -2.37. The molecule has 1 N–H and O–H groups in total. The highest BCUT2D eigenvalue weighted by atomic mass is 16.5. The molecule has 1 unspecified atom stereocenters.